The number of imidazole rings is 1. The van der Waals surface area contributed by atoms with Gasteiger partial charge in [-0.15, -0.1) is 11.3 Å². The maximum Gasteiger partial charge on any atom is 0.490 e. The van der Waals surface area contributed by atoms with Gasteiger partial charge in [0.2, 0.25) is 0 Å². The van der Waals surface area contributed by atoms with E-state index in [9.17, 15) is 39.5 Å². The number of carbonyl (C=O) groups is 3. The summed E-state index contributed by atoms with van der Waals surface area (Å²) in [5, 5.41) is 23.5. The number of piperazine rings is 1. The molecule has 2 aromatic heterocycles. The highest BCUT2D eigenvalue weighted by Gasteiger charge is 2.39. The Bertz CT molecular complexity index is 1170. The third kappa shape index (κ3) is 14.0. The van der Waals surface area contributed by atoms with Gasteiger partial charge in [-0.3, -0.25) is 9.80 Å². The number of rotatable bonds is 4. The maximum atomic E-state index is 10.6. The zero-order valence-electron chi connectivity index (χ0n) is 23.7. The number of likely N-dealkylation sites (N-methyl/N-ethyl adjacent to an activating group) is 1. The summed E-state index contributed by atoms with van der Waals surface area (Å²) in [6.07, 6.45) is -13.1. The number of halogens is 9. The molecule has 0 spiro atoms. The van der Waals surface area contributed by atoms with Gasteiger partial charge < -0.3 is 24.8 Å². The highest BCUT2D eigenvalue weighted by molar-refractivity contribution is 7.09. The van der Waals surface area contributed by atoms with Gasteiger partial charge in [0.05, 0.1) is 11.7 Å². The maximum absolute atomic E-state index is 10.6. The molecule has 0 radical (unpaired) electrons. The van der Waals surface area contributed by atoms with Gasteiger partial charge in [-0.2, -0.15) is 39.5 Å². The number of fused-ring (bicyclic) bond motifs is 1. The first-order valence-corrected chi connectivity index (χ1v) is 13.5. The second-order valence-corrected chi connectivity index (χ2v) is 10.5. The van der Waals surface area contributed by atoms with E-state index in [1.54, 1.807) is 0 Å². The minimum Gasteiger partial charge on any atom is -0.475 e. The molecule has 3 N–H and O–H groups in total. The molecule has 2 aliphatic heterocycles. The van der Waals surface area contributed by atoms with E-state index in [1.165, 1.54) is 29.5 Å². The van der Waals surface area contributed by atoms with Crippen molar-refractivity contribution in [1.82, 2.24) is 24.3 Å². The van der Waals surface area contributed by atoms with Gasteiger partial charge in [0.25, 0.3) is 0 Å². The van der Waals surface area contributed by atoms with Gasteiger partial charge in [0.1, 0.15) is 5.82 Å². The smallest absolute Gasteiger partial charge is 0.475 e. The molecular formula is C24H30F9N5O6S. The van der Waals surface area contributed by atoms with Gasteiger partial charge in [-0.25, -0.2) is 19.4 Å². The van der Waals surface area contributed by atoms with Crippen molar-refractivity contribution in [2.24, 2.45) is 0 Å². The first-order valence-electron chi connectivity index (χ1n) is 12.7. The Morgan fingerprint density at radius 2 is 1.29 bits per heavy atom. The molecule has 1 fully saturated rings. The number of aliphatic carboxylic acids is 3. The van der Waals surface area contributed by atoms with E-state index in [4.69, 9.17) is 34.7 Å². The average molecular weight is 688 g/mol. The van der Waals surface area contributed by atoms with E-state index >= 15 is 0 Å². The molecule has 2 aromatic rings. The molecule has 1 saturated heterocycles. The van der Waals surface area contributed by atoms with E-state index in [2.05, 4.69) is 56.9 Å². The summed E-state index contributed by atoms with van der Waals surface area (Å²) < 4.78 is 97.7. The van der Waals surface area contributed by atoms with Crippen molar-refractivity contribution in [3.05, 3.63) is 40.1 Å². The summed E-state index contributed by atoms with van der Waals surface area (Å²) in [6, 6.07) is 4.77. The zero-order valence-corrected chi connectivity index (χ0v) is 24.5. The molecule has 1 unspecified atom stereocenters. The molecule has 0 aliphatic carbocycles. The first-order chi connectivity index (χ1) is 20.5. The Morgan fingerprint density at radius 1 is 0.822 bits per heavy atom. The van der Waals surface area contributed by atoms with Crippen LogP contribution in [-0.2, 0) is 34.0 Å². The summed E-state index contributed by atoms with van der Waals surface area (Å²) in [5.41, 5.74) is 1.39. The Hall–Kier alpha value is -3.43. The van der Waals surface area contributed by atoms with Crippen LogP contribution >= 0.6 is 11.3 Å². The monoisotopic (exact) mass is 687 g/mol. The van der Waals surface area contributed by atoms with Gasteiger partial charge in [-0.05, 0) is 25.4 Å². The molecule has 4 heterocycles. The molecule has 11 nitrogen and oxygen atoms in total. The lowest BCUT2D eigenvalue weighted by Gasteiger charge is -2.35. The molecule has 0 aromatic carbocycles. The summed E-state index contributed by atoms with van der Waals surface area (Å²) >= 11 is 1.85. The fraction of sp³-hybridized carbons (Fsp3) is 0.583. The molecule has 0 bridgehead atoms. The first kappa shape index (κ1) is 39.6. The Labute approximate surface area is 254 Å². The summed E-state index contributed by atoms with van der Waals surface area (Å²) in [5.74, 6) is -7.03. The summed E-state index contributed by atoms with van der Waals surface area (Å²) in [7, 11) is 2.21. The number of aromatic nitrogens is 2. The molecule has 45 heavy (non-hydrogen) atoms. The molecule has 2 aliphatic rings. The normalized spacial score (nSPS) is 17.8. The highest BCUT2D eigenvalue weighted by atomic mass is 32.1. The van der Waals surface area contributed by atoms with Crippen LogP contribution in [0.25, 0.3) is 0 Å². The van der Waals surface area contributed by atoms with Crippen LogP contribution < -0.4 is 0 Å². The standard InChI is InChI=1S/C18H27N5S.3C2HF3O2/c1-15-18-19-12-16(13-21-7-5-20(2)6-8-21)23(18)10-9-22(15)14-17-4-3-11-24-17;3*3-2(4,5)1(6)7/h3-4,11-12,15H,5-10,13-14H2,1-2H3;3*(H,6,7). The number of nitrogens with zero attached hydrogens (tertiary/aromatic N) is 5. The fourth-order valence-corrected chi connectivity index (χ4v) is 4.51. The Morgan fingerprint density at radius 3 is 1.69 bits per heavy atom. The number of hydrogen-bond acceptors (Lipinski definition) is 8. The number of alkyl halides is 9. The zero-order chi connectivity index (χ0) is 34.8. The van der Waals surface area contributed by atoms with Gasteiger partial charge in [0, 0.05) is 63.4 Å². The van der Waals surface area contributed by atoms with Crippen LogP contribution in [0.5, 0.6) is 0 Å². The molecule has 256 valence electrons. The van der Waals surface area contributed by atoms with Crippen LogP contribution in [0.4, 0.5) is 39.5 Å². The minimum absolute atomic E-state index is 0.391. The second-order valence-electron chi connectivity index (χ2n) is 9.47. The molecule has 0 saturated carbocycles. The van der Waals surface area contributed by atoms with Crippen molar-refractivity contribution in [2.75, 3.05) is 39.8 Å². The quantitative estimate of drug-likeness (QED) is 0.402. The van der Waals surface area contributed by atoms with Crippen molar-refractivity contribution in [2.45, 2.75) is 51.1 Å². The predicted molar refractivity (Wildman–Crippen MR) is 139 cm³/mol. The van der Waals surface area contributed by atoms with Crippen LogP contribution in [0.1, 0.15) is 29.4 Å². The predicted octanol–water partition coefficient (Wildman–Crippen LogP) is 4.17. The van der Waals surface area contributed by atoms with Crippen LogP contribution in [0.2, 0.25) is 0 Å². The summed E-state index contributed by atoms with van der Waals surface area (Å²) in [4.78, 5) is 40.4. The lowest BCUT2D eigenvalue weighted by Crippen LogP contribution is -2.44. The number of carboxylic acids is 3. The Kier molecular flexibility index (Phi) is 14.7. The Balaban J connectivity index is 0.000000396. The number of hydrogen-bond donors (Lipinski definition) is 3. The van der Waals surface area contributed by atoms with Crippen molar-refractivity contribution >= 4 is 29.2 Å². The molecular weight excluding hydrogens is 657 g/mol. The topological polar surface area (TPSA) is 139 Å². The van der Waals surface area contributed by atoms with E-state index in [-0.39, 0.29) is 0 Å². The van der Waals surface area contributed by atoms with E-state index in [1.807, 2.05) is 11.3 Å². The minimum atomic E-state index is -5.08. The van der Waals surface area contributed by atoms with Crippen molar-refractivity contribution in [3.63, 3.8) is 0 Å². The lowest BCUT2D eigenvalue weighted by atomic mass is 10.2. The SMILES string of the molecule is CC1c2ncc(CN3CCN(C)CC3)n2CCN1Cc1cccs1.O=C(O)C(F)(F)F.O=C(O)C(F)(F)F.O=C(O)C(F)(F)F. The largest absolute Gasteiger partial charge is 0.490 e. The molecule has 1 atom stereocenters. The van der Waals surface area contributed by atoms with Crippen LogP contribution in [0.3, 0.4) is 0 Å². The summed E-state index contributed by atoms with van der Waals surface area (Å²) in [6.45, 7) is 11.2. The van der Waals surface area contributed by atoms with Crippen LogP contribution in [0, 0.1) is 0 Å². The number of thiophene rings is 1. The fourth-order valence-electron chi connectivity index (χ4n) is 3.78. The molecule has 0 amide bonds. The van der Waals surface area contributed by atoms with Crippen molar-refractivity contribution in [3.8, 4) is 0 Å². The van der Waals surface area contributed by atoms with E-state index < -0.39 is 36.4 Å². The molecule has 21 heteroatoms. The van der Waals surface area contributed by atoms with Crippen LogP contribution in [0.15, 0.2) is 23.7 Å². The highest BCUT2D eigenvalue weighted by Crippen LogP contribution is 2.28. The molecule has 4 rings (SSSR count). The van der Waals surface area contributed by atoms with Crippen molar-refractivity contribution < 1.29 is 69.2 Å². The van der Waals surface area contributed by atoms with Gasteiger partial charge in [0.15, 0.2) is 0 Å². The van der Waals surface area contributed by atoms with Gasteiger partial charge >= 0.3 is 36.4 Å². The van der Waals surface area contributed by atoms with E-state index in [0.29, 0.717) is 6.04 Å². The van der Waals surface area contributed by atoms with Gasteiger partial charge in [-0.1, -0.05) is 6.07 Å². The third-order valence-corrected chi connectivity index (χ3v) is 7.01. The third-order valence-electron chi connectivity index (χ3n) is 6.15. The van der Waals surface area contributed by atoms with Crippen LogP contribution in [-0.4, -0.2) is 116 Å². The average Bonchev–Trinajstić information content (AvgIpc) is 3.57. The van der Waals surface area contributed by atoms with Crippen molar-refractivity contribution in [1.29, 1.82) is 0 Å². The second kappa shape index (κ2) is 16.8. The van der Waals surface area contributed by atoms with E-state index in [0.717, 1.165) is 39.3 Å². The lowest BCUT2D eigenvalue weighted by molar-refractivity contribution is -0.193. The number of carboxylic acid groups (broad SMARTS) is 3.